The normalized spacial score (nSPS) is 12.6. The fourth-order valence-electron chi connectivity index (χ4n) is 1.19. The summed E-state index contributed by atoms with van der Waals surface area (Å²) in [5, 5.41) is 9.48. The van der Waals surface area contributed by atoms with Crippen molar-refractivity contribution in [3.05, 3.63) is 30.1 Å². The highest BCUT2D eigenvalue weighted by Gasteiger charge is 2.04. The summed E-state index contributed by atoms with van der Waals surface area (Å²) in [7, 11) is 0. The van der Waals surface area contributed by atoms with Crippen LogP contribution in [0.25, 0.3) is 0 Å². The molecule has 0 aliphatic rings. The lowest BCUT2D eigenvalue weighted by Gasteiger charge is -2.11. The van der Waals surface area contributed by atoms with Gasteiger partial charge in [0.05, 0.1) is 25.5 Å². The van der Waals surface area contributed by atoms with Gasteiger partial charge in [-0.1, -0.05) is 13.0 Å². The number of nitrogens with zero attached hydrogens (tertiary/aromatic N) is 1. The second kappa shape index (κ2) is 8.21. The zero-order valence-electron chi connectivity index (χ0n) is 9.63. The summed E-state index contributed by atoms with van der Waals surface area (Å²) < 4.78 is 10.5. The summed E-state index contributed by atoms with van der Waals surface area (Å²) in [5.41, 5.74) is 0.865. The first-order valence-corrected chi connectivity index (χ1v) is 5.56. The molecule has 0 aliphatic carbocycles. The van der Waals surface area contributed by atoms with E-state index < -0.39 is 6.10 Å². The van der Waals surface area contributed by atoms with Crippen LogP contribution >= 0.6 is 0 Å². The summed E-state index contributed by atoms with van der Waals surface area (Å²) in [5.74, 6) is 0. The highest BCUT2D eigenvalue weighted by Crippen LogP contribution is 1.97. The lowest BCUT2D eigenvalue weighted by Crippen LogP contribution is -2.22. The number of rotatable bonds is 8. The smallest absolute Gasteiger partial charge is 0.101 e. The second-order valence-corrected chi connectivity index (χ2v) is 3.56. The van der Waals surface area contributed by atoms with Crippen LogP contribution in [0.1, 0.15) is 19.0 Å². The van der Waals surface area contributed by atoms with Gasteiger partial charge in [-0.25, -0.2) is 0 Å². The van der Waals surface area contributed by atoms with Gasteiger partial charge in [-0.3, -0.25) is 4.98 Å². The Labute approximate surface area is 96.2 Å². The van der Waals surface area contributed by atoms with Crippen molar-refractivity contribution in [3.63, 3.8) is 0 Å². The second-order valence-electron chi connectivity index (χ2n) is 3.56. The average Bonchev–Trinajstić information content (AvgIpc) is 2.31. The number of aliphatic hydroxyl groups excluding tert-OH is 1. The Hall–Kier alpha value is -0.970. The summed E-state index contributed by atoms with van der Waals surface area (Å²) in [6, 6.07) is 5.66. The third-order valence-corrected chi connectivity index (χ3v) is 1.95. The molecule has 0 aromatic carbocycles. The van der Waals surface area contributed by atoms with E-state index in [9.17, 15) is 5.11 Å². The van der Waals surface area contributed by atoms with E-state index in [1.807, 2.05) is 25.1 Å². The Balaban J connectivity index is 2.06. The van der Waals surface area contributed by atoms with Crippen molar-refractivity contribution in [1.82, 2.24) is 4.98 Å². The van der Waals surface area contributed by atoms with Crippen LogP contribution in [0.5, 0.6) is 0 Å². The zero-order chi connectivity index (χ0) is 11.6. The Kier molecular flexibility index (Phi) is 6.72. The van der Waals surface area contributed by atoms with Gasteiger partial charge in [0.25, 0.3) is 0 Å². The molecule has 0 bridgehead atoms. The Morgan fingerprint density at radius 2 is 2.12 bits per heavy atom. The molecule has 1 aromatic heterocycles. The molecule has 0 aliphatic heterocycles. The van der Waals surface area contributed by atoms with Gasteiger partial charge in [-0.2, -0.15) is 0 Å². The predicted octanol–water partition coefficient (Wildman–Crippen LogP) is 1.39. The molecule has 0 amide bonds. The number of aliphatic hydroxyl groups is 1. The van der Waals surface area contributed by atoms with Gasteiger partial charge < -0.3 is 14.6 Å². The zero-order valence-corrected chi connectivity index (χ0v) is 9.63. The predicted molar refractivity (Wildman–Crippen MR) is 61.0 cm³/mol. The molecule has 4 nitrogen and oxygen atoms in total. The maximum absolute atomic E-state index is 9.48. The van der Waals surface area contributed by atoms with E-state index >= 15 is 0 Å². The molecule has 0 saturated heterocycles. The molecule has 4 heteroatoms. The van der Waals surface area contributed by atoms with E-state index in [1.54, 1.807) is 6.20 Å². The van der Waals surface area contributed by atoms with E-state index in [-0.39, 0.29) is 6.61 Å². The summed E-state index contributed by atoms with van der Waals surface area (Å²) in [6.07, 6.45) is 2.12. The van der Waals surface area contributed by atoms with Crippen molar-refractivity contribution in [2.24, 2.45) is 0 Å². The minimum absolute atomic E-state index is 0.278. The van der Waals surface area contributed by atoms with Crippen molar-refractivity contribution in [2.45, 2.75) is 26.1 Å². The van der Waals surface area contributed by atoms with Crippen molar-refractivity contribution in [2.75, 3.05) is 19.8 Å². The summed E-state index contributed by atoms with van der Waals surface area (Å²) >= 11 is 0. The molecular weight excluding hydrogens is 206 g/mol. The van der Waals surface area contributed by atoms with Gasteiger partial charge in [-0.05, 0) is 18.6 Å². The van der Waals surface area contributed by atoms with E-state index in [2.05, 4.69) is 4.98 Å². The van der Waals surface area contributed by atoms with Crippen LogP contribution in [0.4, 0.5) is 0 Å². The van der Waals surface area contributed by atoms with Crippen LogP contribution in [-0.4, -0.2) is 36.0 Å². The lowest BCUT2D eigenvalue weighted by molar-refractivity contribution is -0.0237. The quantitative estimate of drug-likeness (QED) is 0.679. The van der Waals surface area contributed by atoms with Crippen molar-refractivity contribution >= 4 is 0 Å². The number of hydrogen-bond acceptors (Lipinski definition) is 4. The molecule has 1 aromatic rings. The van der Waals surface area contributed by atoms with E-state index in [0.717, 1.165) is 12.1 Å². The summed E-state index contributed by atoms with van der Waals surface area (Å²) in [6.45, 7) is 3.74. The third-order valence-electron chi connectivity index (χ3n) is 1.95. The monoisotopic (exact) mass is 225 g/mol. The summed E-state index contributed by atoms with van der Waals surface area (Å²) in [4.78, 5) is 4.11. The topological polar surface area (TPSA) is 51.6 Å². The van der Waals surface area contributed by atoms with Gasteiger partial charge in [-0.15, -0.1) is 0 Å². The van der Waals surface area contributed by atoms with Gasteiger partial charge in [0.2, 0.25) is 0 Å². The lowest BCUT2D eigenvalue weighted by atomic mass is 10.3. The van der Waals surface area contributed by atoms with Crippen LogP contribution in [0.15, 0.2) is 24.4 Å². The molecule has 0 radical (unpaired) electrons. The van der Waals surface area contributed by atoms with Gasteiger partial charge in [0, 0.05) is 12.8 Å². The SMILES string of the molecule is CCCOCC(O)COCc1ccccn1. The van der Waals surface area contributed by atoms with E-state index in [0.29, 0.717) is 19.8 Å². The van der Waals surface area contributed by atoms with E-state index in [1.165, 1.54) is 0 Å². The van der Waals surface area contributed by atoms with Crippen LogP contribution in [0, 0.1) is 0 Å². The highest BCUT2D eigenvalue weighted by molar-refractivity contribution is 5.01. The average molecular weight is 225 g/mol. The number of pyridine rings is 1. The first-order valence-electron chi connectivity index (χ1n) is 5.56. The third kappa shape index (κ3) is 5.80. The fourth-order valence-corrected chi connectivity index (χ4v) is 1.19. The van der Waals surface area contributed by atoms with Crippen LogP contribution in [0.2, 0.25) is 0 Å². The Morgan fingerprint density at radius 3 is 2.81 bits per heavy atom. The maximum Gasteiger partial charge on any atom is 0.101 e. The first kappa shape index (κ1) is 13.1. The maximum atomic E-state index is 9.48. The molecule has 1 unspecified atom stereocenters. The molecule has 0 spiro atoms. The Bertz CT molecular complexity index is 266. The first-order chi connectivity index (χ1) is 7.83. The Morgan fingerprint density at radius 1 is 1.31 bits per heavy atom. The molecule has 1 heterocycles. The standard InChI is InChI=1S/C12H19NO3/c1-2-7-15-9-12(14)10-16-8-11-5-3-4-6-13-11/h3-6,12,14H,2,7-10H2,1H3. The minimum Gasteiger partial charge on any atom is -0.388 e. The highest BCUT2D eigenvalue weighted by atomic mass is 16.5. The van der Waals surface area contributed by atoms with Gasteiger partial charge in [0.15, 0.2) is 0 Å². The van der Waals surface area contributed by atoms with Crippen molar-refractivity contribution in [1.29, 1.82) is 0 Å². The molecular formula is C12H19NO3. The number of ether oxygens (including phenoxy) is 2. The number of aromatic nitrogens is 1. The fraction of sp³-hybridized carbons (Fsp3) is 0.583. The molecule has 1 N–H and O–H groups in total. The number of hydrogen-bond donors (Lipinski definition) is 1. The van der Waals surface area contributed by atoms with E-state index in [4.69, 9.17) is 9.47 Å². The van der Waals surface area contributed by atoms with Crippen LogP contribution < -0.4 is 0 Å². The molecule has 0 fully saturated rings. The molecule has 16 heavy (non-hydrogen) atoms. The molecule has 1 atom stereocenters. The largest absolute Gasteiger partial charge is 0.388 e. The van der Waals surface area contributed by atoms with Crippen molar-refractivity contribution < 1.29 is 14.6 Å². The van der Waals surface area contributed by atoms with Gasteiger partial charge in [0.1, 0.15) is 6.10 Å². The van der Waals surface area contributed by atoms with Crippen LogP contribution in [0.3, 0.4) is 0 Å². The van der Waals surface area contributed by atoms with Crippen molar-refractivity contribution in [3.8, 4) is 0 Å². The van der Waals surface area contributed by atoms with Crippen LogP contribution in [-0.2, 0) is 16.1 Å². The minimum atomic E-state index is -0.560. The molecule has 90 valence electrons. The van der Waals surface area contributed by atoms with Gasteiger partial charge >= 0.3 is 0 Å². The molecule has 1 rings (SSSR count). The molecule has 0 saturated carbocycles.